The highest BCUT2D eigenvalue weighted by Gasteiger charge is 2.37. The molecule has 0 fully saturated rings. The molecule has 0 spiro atoms. The van der Waals surface area contributed by atoms with Crippen LogP contribution >= 0.6 is 0 Å². The monoisotopic (exact) mass is 399 g/mol. The van der Waals surface area contributed by atoms with Crippen molar-refractivity contribution < 1.29 is 18.1 Å². The third kappa shape index (κ3) is 3.22. The van der Waals surface area contributed by atoms with Gasteiger partial charge >= 0.3 is 0 Å². The van der Waals surface area contributed by atoms with Crippen LogP contribution in [0.25, 0.3) is 5.57 Å². The molecule has 7 nitrogen and oxygen atoms in total. The molecule has 0 atom stereocenters. The summed E-state index contributed by atoms with van der Waals surface area (Å²) in [5, 5.41) is 11.2. The summed E-state index contributed by atoms with van der Waals surface area (Å²) >= 11 is 0. The van der Waals surface area contributed by atoms with E-state index in [1.807, 2.05) is 20.8 Å². The molecular formula is C20H19F2N5O2. The maximum Gasteiger partial charge on any atom is 0.260 e. The molecule has 1 aliphatic heterocycles. The first-order valence-electron chi connectivity index (χ1n) is 9.02. The first-order valence-corrected chi connectivity index (χ1v) is 9.02. The van der Waals surface area contributed by atoms with Gasteiger partial charge in [-0.3, -0.25) is 9.89 Å². The van der Waals surface area contributed by atoms with Gasteiger partial charge in [-0.05, 0) is 32.0 Å². The molecule has 0 aliphatic carbocycles. The van der Waals surface area contributed by atoms with E-state index in [9.17, 15) is 13.6 Å². The second-order valence-corrected chi connectivity index (χ2v) is 7.69. The average Bonchev–Trinajstić information content (AvgIpc) is 3.23. The molecule has 0 saturated carbocycles. The molecule has 4 rings (SSSR count). The van der Waals surface area contributed by atoms with Gasteiger partial charge in [0.15, 0.2) is 17.5 Å². The molecule has 0 radical (unpaired) electrons. The van der Waals surface area contributed by atoms with Crippen LogP contribution in [0, 0.1) is 25.5 Å². The van der Waals surface area contributed by atoms with Crippen molar-refractivity contribution in [1.82, 2.24) is 25.2 Å². The number of fused-ring (bicyclic) bond motifs is 1. The Morgan fingerprint density at radius 3 is 2.66 bits per heavy atom. The minimum absolute atomic E-state index is 0.0393. The Balaban J connectivity index is 1.87. The van der Waals surface area contributed by atoms with Crippen molar-refractivity contribution in [3.63, 3.8) is 0 Å². The lowest BCUT2D eigenvalue weighted by molar-refractivity contribution is 0.0799. The predicted molar refractivity (Wildman–Crippen MR) is 99.9 cm³/mol. The van der Waals surface area contributed by atoms with Gasteiger partial charge in [0.25, 0.3) is 11.8 Å². The number of aromatic amines is 1. The van der Waals surface area contributed by atoms with Crippen LogP contribution in [0.4, 0.5) is 8.78 Å². The Labute approximate surface area is 165 Å². The van der Waals surface area contributed by atoms with Gasteiger partial charge in [0, 0.05) is 29.3 Å². The Bertz CT molecular complexity index is 1150. The highest BCUT2D eigenvalue weighted by atomic mass is 19.2. The van der Waals surface area contributed by atoms with Crippen molar-refractivity contribution in [3.8, 4) is 0 Å². The van der Waals surface area contributed by atoms with E-state index in [1.54, 1.807) is 13.1 Å². The Morgan fingerprint density at radius 2 is 2.00 bits per heavy atom. The van der Waals surface area contributed by atoms with Crippen molar-refractivity contribution in [2.24, 2.45) is 0 Å². The molecule has 0 saturated heterocycles. The van der Waals surface area contributed by atoms with Gasteiger partial charge in [-0.15, -0.1) is 0 Å². The molecule has 1 aromatic carbocycles. The fraction of sp³-hybridized carbons (Fsp3) is 0.300. The van der Waals surface area contributed by atoms with Crippen LogP contribution in [0.5, 0.6) is 0 Å². The van der Waals surface area contributed by atoms with Gasteiger partial charge in [-0.1, -0.05) is 19.0 Å². The van der Waals surface area contributed by atoms with Crippen molar-refractivity contribution in [2.45, 2.75) is 33.1 Å². The normalized spacial score (nSPS) is 15.7. The second-order valence-electron chi connectivity index (χ2n) is 7.69. The van der Waals surface area contributed by atoms with Crippen molar-refractivity contribution in [1.29, 1.82) is 0 Å². The molecule has 3 heterocycles. The molecular weight excluding hydrogens is 380 g/mol. The summed E-state index contributed by atoms with van der Waals surface area (Å²) in [6.07, 6.45) is 1.60. The Morgan fingerprint density at radius 1 is 1.24 bits per heavy atom. The summed E-state index contributed by atoms with van der Waals surface area (Å²) in [6.45, 7) is 7.74. The van der Waals surface area contributed by atoms with Gasteiger partial charge in [0.05, 0.1) is 17.0 Å². The zero-order chi connectivity index (χ0) is 20.9. The lowest BCUT2D eigenvalue weighted by Crippen LogP contribution is -2.37. The largest absolute Gasteiger partial charge is 0.334 e. The number of benzene rings is 1. The van der Waals surface area contributed by atoms with E-state index in [1.165, 1.54) is 11.0 Å². The van der Waals surface area contributed by atoms with E-state index >= 15 is 0 Å². The van der Waals surface area contributed by atoms with Gasteiger partial charge in [-0.25, -0.2) is 8.78 Å². The number of nitrogens with one attached hydrogen (secondary N) is 1. The van der Waals surface area contributed by atoms with Crippen LogP contribution in [0.15, 0.2) is 28.9 Å². The molecule has 3 aromatic rings. The summed E-state index contributed by atoms with van der Waals surface area (Å²) in [7, 11) is 0. The fourth-order valence-electron chi connectivity index (χ4n) is 3.52. The maximum absolute atomic E-state index is 13.7. The lowest BCUT2D eigenvalue weighted by atomic mass is 9.85. The SMILES string of the molecule is Cc1noc(C2=CN(C(=O)c3ccc(F)c(F)c3)CC(C)(C)c3[nH]nc(C)c32)n1. The smallest absolute Gasteiger partial charge is 0.260 e. The highest BCUT2D eigenvalue weighted by Crippen LogP contribution is 2.38. The number of H-pyrrole nitrogens is 1. The zero-order valence-corrected chi connectivity index (χ0v) is 16.4. The summed E-state index contributed by atoms with van der Waals surface area (Å²) in [6, 6.07) is 3.09. The predicted octanol–water partition coefficient (Wildman–Crippen LogP) is 3.51. The van der Waals surface area contributed by atoms with Crippen LogP contribution < -0.4 is 0 Å². The third-order valence-corrected chi connectivity index (χ3v) is 4.93. The van der Waals surface area contributed by atoms with Crippen molar-refractivity contribution >= 4 is 11.5 Å². The number of nitrogens with zero attached hydrogens (tertiary/aromatic N) is 4. The summed E-state index contributed by atoms with van der Waals surface area (Å²) in [5.41, 5.74) is 2.37. The molecule has 1 aliphatic rings. The van der Waals surface area contributed by atoms with Gasteiger partial charge in [0.2, 0.25) is 0 Å². The molecule has 0 bridgehead atoms. The van der Waals surface area contributed by atoms with E-state index in [-0.39, 0.29) is 18.0 Å². The van der Waals surface area contributed by atoms with Crippen LogP contribution in [0.3, 0.4) is 0 Å². The molecule has 1 amide bonds. The summed E-state index contributed by atoms with van der Waals surface area (Å²) in [4.78, 5) is 18.9. The minimum atomic E-state index is -1.08. The van der Waals surface area contributed by atoms with Crippen LogP contribution in [-0.4, -0.2) is 37.7 Å². The van der Waals surface area contributed by atoms with Crippen LogP contribution in [0.2, 0.25) is 0 Å². The molecule has 29 heavy (non-hydrogen) atoms. The summed E-state index contributed by atoms with van der Waals surface area (Å²) in [5.74, 6) is -1.86. The topological polar surface area (TPSA) is 87.9 Å². The number of halogens is 2. The van der Waals surface area contributed by atoms with Gasteiger partial charge in [-0.2, -0.15) is 10.1 Å². The quantitative estimate of drug-likeness (QED) is 0.713. The average molecular weight is 399 g/mol. The molecule has 9 heteroatoms. The maximum atomic E-state index is 13.7. The minimum Gasteiger partial charge on any atom is -0.334 e. The van der Waals surface area contributed by atoms with Crippen molar-refractivity contribution in [2.75, 3.05) is 6.54 Å². The number of rotatable bonds is 2. The standard InChI is InChI=1S/C20H19F2N5O2/c1-10-16-13(18-23-11(2)26-29-18)8-27(9-20(3,4)17(16)25-24-10)19(28)12-5-6-14(21)15(22)7-12/h5-8H,9H2,1-4H3,(H,24,25). The fourth-order valence-corrected chi connectivity index (χ4v) is 3.52. The first kappa shape index (κ1) is 19.0. The van der Waals surface area contributed by atoms with Crippen molar-refractivity contribution in [3.05, 3.63) is 70.3 Å². The Hall–Kier alpha value is -3.36. The molecule has 150 valence electrons. The van der Waals surface area contributed by atoms with E-state index in [4.69, 9.17) is 4.52 Å². The zero-order valence-electron chi connectivity index (χ0n) is 16.4. The van der Waals surface area contributed by atoms with Gasteiger partial charge in [0.1, 0.15) is 0 Å². The number of carbonyl (C=O) groups excluding carboxylic acids is 1. The third-order valence-electron chi connectivity index (χ3n) is 4.93. The first-order chi connectivity index (χ1) is 13.7. The van der Waals surface area contributed by atoms with Gasteiger partial charge < -0.3 is 9.42 Å². The lowest BCUT2D eigenvalue weighted by Gasteiger charge is -2.28. The molecule has 0 unspecified atom stereocenters. The van der Waals surface area contributed by atoms with E-state index in [2.05, 4.69) is 20.3 Å². The number of amides is 1. The van der Waals surface area contributed by atoms with E-state index in [0.717, 1.165) is 29.1 Å². The Kier molecular flexibility index (Phi) is 4.33. The van der Waals surface area contributed by atoms with E-state index in [0.29, 0.717) is 11.4 Å². The number of carbonyl (C=O) groups is 1. The number of aryl methyl sites for hydroxylation is 2. The molecule has 2 aromatic heterocycles. The number of aromatic nitrogens is 4. The number of hydrogen-bond donors (Lipinski definition) is 1. The molecule has 1 N–H and O–H groups in total. The van der Waals surface area contributed by atoms with Crippen LogP contribution in [0.1, 0.15) is 52.9 Å². The van der Waals surface area contributed by atoms with E-state index < -0.39 is 23.0 Å². The summed E-state index contributed by atoms with van der Waals surface area (Å²) < 4.78 is 32.4. The number of hydrogen-bond acceptors (Lipinski definition) is 5. The van der Waals surface area contributed by atoms with Crippen LogP contribution in [-0.2, 0) is 5.41 Å². The second kappa shape index (κ2) is 6.61. The highest BCUT2D eigenvalue weighted by molar-refractivity contribution is 5.96.